The number of amides is 1. The molecule has 0 aliphatic carbocycles. The van der Waals surface area contributed by atoms with Crippen molar-refractivity contribution in [3.63, 3.8) is 0 Å². The van der Waals surface area contributed by atoms with E-state index in [1.165, 1.54) is 26.2 Å². The first kappa shape index (κ1) is 15.4. The molecule has 0 fully saturated rings. The van der Waals surface area contributed by atoms with Gasteiger partial charge in [-0.15, -0.1) is 0 Å². The molecule has 19 heavy (non-hydrogen) atoms. The highest BCUT2D eigenvalue weighted by molar-refractivity contribution is 5.72. The third-order valence-electron chi connectivity index (χ3n) is 2.70. The molecule has 5 nitrogen and oxygen atoms in total. The maximum absolute atomic E-state index is 13.5. The van der Waals surface area contributed by atoms with Crippen LogP contribution in [0.3, 0.4) is 0 Å². The highest BCUT2D eigenvalue weighted by atomic mass is 19.1. The molecule has 0 aliphatic heterocycles. The minimum absolute atomic E-state index is 0.0729. The number of rotatable bonds is 6. The third kappa shape index (κ3) is 4.50. The van der Waals surface area contributed by atoms with E-state index in [2.05, 4.69) is 5.32 Å². The van der Waals surface area contributed by atoms with Gasteiger partial charge in [-0.25, -0.2) is 4.39 Å². The Morgan fingerprint density at radius 1 is 1.47 bits per heavy atom. The highest BCUT2D eigenvalue weighted by Crippen LogP contribution is 2.24. The Morgan fingerprint density at radius 3 is 2.68 bits per heavy atom. The number of methoxy groups -OCH3 is 1. The van der Waals surface area contributed by atoms with Crippen LogP contribution in [0.15, 0.2) is 18.2 Å². The lowest BCUT2D eigenvalue weighted by atomic mass is 10.0. The number of carbonyl (C=O) groups excluding carboxylic acids is 1. The van der Waals surface area contributed by atoms with Gasteiger partial charge in [0.05, 0.1) is 13.2 Å². The van der Waals surface area contributed by atoms with Crippen molar-refractivity contribution < 1.29 is 24.1 Å². The number of hydrogen-bond acceptors (Lipinski definition) is 4. The largest absolute Gasteiger partial charge is 0.494 e. The van der Waals surface area contributed by atoms with Gasteiger partial charge in [0.15, 0.2) is 11.6 Å². The molecule has 0 spiro atoms. The predicted octanol–water partition coefficient (Wildman–Crippen LogP) is 0.755. The van der Waals surface area contributed by atoms with Crippen LogP contribution in [0.1, 0.15) is 25.0 Å². The quantitative estimate of drug-likeness (QED) is 0.713. The molecule has 0 saturated heterocycles. The third-order valence-corrected chi connectivity index (χ3v) is 2.70. The zero-order valence-corrected chi connectivity index (χ0v) is 10.9. The molecule has 0 heterocycles. The molecular weight excluding hydrogens is 253 g/mol. The Balaban J connectivity index is 2.63. The number of carbonyl (C=O) groups is 1. The minimum Gasteiger partial charge on any atom is -0.494 e. The summed E-state index contributed by atoms with van der Waals surface area (Å²) in [6.07, 6.45) is -2.12. The zero-order valence-electron chi connectivity index (χ0n) is 10.9. The van der Waals surface area contributed by atoms with Crippen molar-refractivity contribution in [2.24, 2.45) is 0 Å². The van der Waals surface area contributed by atoms with Gasteiger partial charge < -0.3 is 20.3 Å². The van der Waals surface area contributed by atoms with Gasteiger partial charge in [0.25, 0.3) is 0 Å². The standard InChI is InChI=1S/C13H18FNO4/c1-8(16)15-6-5-11(17)13(18)9-3-4-12(19-2)10(14)7-9/h3-4,7,11,13,17-18H,5-6H2,1-2H3,(H,15,16). The molecule has 0 saturated carbocycles. The van der Waals surface area contributed by atoms with E-state index < -0.39 is 18.0 Å². The van der Waals surface area contributed by atoms with Crippen LogP contribution in [0.2, 0.25) is 0 Å². The second-order valence-electron chi connectivity index (χ2n) is 4.18. The molecule has 0 aliphatic rings. The van der Waals surface area contributed by atoms with E-state index in [1.807, 2.05) is 0 Å². The second kappa shape index (κ2) is 7.06. The van der Waals surface area contributed by atoms with Crippen molar-refractivity contribution >= 4 is 5.91 Å². The van der Waals surface area contributed by atoms with Crippen LogP contribution in [-0.4, -0.2) is 35.9 Å². The Kier molecular flexibility index (Phi) is 5.72. The lowest BCUT2D eigenvalue weighted by molar-refractivity contribution is -0.119. The van der Waals surface area contributed by atoms with Crippen LogP contribution in [0.5, 0.6) is 5.75 Å². The maximum atomic E-state index is 13.5. The van der Waals surface area contributed by atoms with Crippen LogP contribution < -0.4 is 10.1 Å². The fraction of sp³-hybridized carbons (Fsp3) is 0.462. The lowest BCUT2D eigenvalue weighted by Crippen LogP contribution is -2.27. The second-order valence-corrected chi connectivity index (χ2v) is 4.18. The summed E-state index contributed by atoms with van der Waals surface area (Å²) in [5.41, 5.74) is 0.258. The number of halogens is 1. The topological polar surface area (TPSA) is 78.8 Å². The Hall–Kier alpha value is -1.66. The van der Waals surface area contributed by atoms with Crippen LogP contribution in [0.4, 0.5) is 4.39 Å². The summed E-state index contributed by atoms with van der Waals surface area (Å²) >= 11 is 0. The van der Waals surface area contributed by atoms with Gasteiger partial charge in [-0.2, -0.15) is 0 Å². The molecule has 1 aromatic rings. The van der Waals surface area contributed by atoms with Gasteiger partial charge in [-0.05, 0) is 24.1 Å². The molecular formula is C13H18FNO4. The summed E-state index contributed by atoms with van der Waals surface area (Å²) in [6, 6.07) is 3.98. The monoisotopic (exact) mass is 271 g/mol. The van der Waals surface area contributed by atoms with Gasteiger partial charge >= 0.3 is 0 Å². The number of aliphatic hydroxyl groups is 2. The number of benzene rings is 1. The Morgan fingerprint density at radius 2 is 2.16 bits per heavy atom. The Labute approximate surface area is 111 Å². The average molecular weight is 271 g/mol. The fourth-order valence-electron chi connectivity index (χ4n) is 1.64. The fourth-order valence-corrected chi connectivity index (χ4v) is 1.64. The summed E-state index contributed by atoms with van der Waals surface area (Å²) in [5, 5.41) is 22.1. The normalized spacial score (nSPS) is 13.7. The summed E-state index contributed by atoms with van der Waals surface area (Å²) in [7, 11) is 1.34. The van der Waals surface area contributed by atoms with Gasteiger partial charge in [0.1, 0.15) is 6.10 Å². The molecule has 106 valence electrons. The SMILES string of the molecule is COc1ccc(C(O)C(O)CCNC(C)=O)cc1F. The van der Waals surface area contributed by atoms with Crippen LogP contribution in [0, 0.1) is 5.82 Å². The van der Waals surface area contributed by atoms with E-state index in [9.17, 15) is 19.4 Å². The van der Waals surface area contributed by atoms with E-state index in [-0.39, 0.29) is 30.2 Å². The molecule has 3 N–H and O–H groups in total. The van der Waals surface area contributed by atoms with Crippen molar-refractivity contribution in [1.29, 1.82) is 0 Å². The van der Waals surface area contributed by atoms with Gasteiger partial charge in [0, 0.05) is 13.5 Å². The zero-order chi connectivity index (χ0) is 14.4. The number of ether oxygens (including phenoxy) is 1. The van der Waals surface area contributed by atoms with E-state index in [0.717, 1.165) is 6.07 Å². The van der Waals surface area contributed by atoms with Crippen molar-refractivity contribution in [3.8, 4) is 5.75 Å². The van der Waals surface area contributed by atoms with Gasteiger partial charge in [-0.3, -0.25) is 4.79 Å². The molecule has 1 aromatic carbocycles. The van der Waals surface area contributed by atoms with E-state index in [1.54, 1.807) is 0 Å². The molecule has 2 atom stereocenters. The number of nitrogens with one attached hydrogen (secondary N) is 1. The number of aliphatic hydroxyl groups excluding tert-OH is 2. The van der Waals surface area contributed by atoms with Crippen molar-refractivity contribution in [2.45, 2.75) is 25.6 Å². The molecule has 1 amide bonds. The molecule has 0 radical (unpaired) electrons. The number of hydrogen-bond donors (Lipinski definition) is 3. The smallest absolute Gasteiger partial charge is 0.216 e. The van der Waals surface area contributed by atoms with Crippen LogP contribution >= 0.6 is 0 Å². The Bertz CT molecular complexity index is 439. The maximum Gasteiger partial charge on any atom is 0.216 e. The van der Waals surface area contributed by atoms with E-state index in [0.29, 0.717) is 0 Å². The van der Waals surface area contributed by atoms with Crippen LogP contribution in [-0.2, 0) is 4.79 Å². The van der Waals surface area contributed by atoms with Crippen molar-refractivity contribution in [3.05, 3.63) is 29.6 Å². The molecule has 1 rings (SSSR count). The summed E-state index contributed by atoms with van der Waals surface area (Å²) in [6.45, 7) is 1.61. The average Bonchev–Trinajstić information content (AvgIpc) is 2.37. The molecule has 0 bridgehead atoms. The van der Waals surface area contributed by atoms with Crippen molar-refractivity contribution in [2.75, 3.05) is 13.7 Å². The first-order valence-corrected chi connectivity index (χ1v) is 5.89. The summed E-state index contributed by atoms with van der Waals surface area (Å²) in [5.74, 6) is -0.742. The molecule has 0 aromatic heterocycles. The highest BCUT2D eigenvalue weighted by Gasteiger charge is 2.19. The molecule has 2 unspecified atom stereocenters. The first-order valence-electron chi connectivity index (χ1n) is 5.89. The van der Waals surface area contributed by atoms with E-state index in [4.69, 9.17) is 4.74 Å². The predicted molar refractivity (Wildman–Crippen MR) is 67.2 cm³/mol. The van der Waals surface area contributed by atoms with Crippen molar-refractivity contribution in [1.82, 2.24) is 5.32 Å². The van der Waals surface area contributed by atoms with Crippen LogP contribution in [0.25, 0.3) is 0 Å². The van der Waals surface area contributed by atoms with Gasteiger partial charge in [-0.1, -0.05) is 6.07 Å². The summed E-state index contributed by atoms with van der Waals surface area (Å²) < 4.78 is 18.2. The lowest BCUT2D eigenvalue weighted by Gasteiger charge is -2.18. The minimum atomic E-state index is -1.21. The van der Waals surface area contributed by atoms with Gasteiger partial charge in [0.2, 0.25) is 5.91 Å². The molecule has 6 heteroatoms. The summed E-state index contributed by atoms with van der Waals surface area (Å²) in [4.78, 5) is 10.7. The first-order chi connectivity index (χ1) is 8.95. The van der Waals surface area contributed by atoms with E-state index >= 15 is 0 Å².